The number of benzene rings is 1. The van der Waals surface area contributed by atoms with E-state index in [9.17, 15) is 9.18 Å². The van der Waals surface area contributed by atoms with Gasteiger partial charge in [-0.1, -0.05) is 23.9 Å². The van der Waals surface area contributed by atoms with Gasteiger partial charge in [0.2, 0.25) is 0 Å². The summed E-state index contributed by atoms with van der Waals surface area (Å²) in [7, 11) is 0. The highest BCUT2D eigenvalue weighted by molar-refractivity contribution is 8.13. The number of ketones is 1. The number of thioether (sulfide) groups is 1. The molecule has 4 nitrogen and oxygen atoms in total. The number of nitrogens with one attached hydrogen (secondary N) is 1. The predicted octanol–water partition coefficient (Wildman–Crippen LogP) is 4.40. The van der Waals surface area contributed by atoms with Crippen LogP contribution in [0, 0.1) is 17.1 Å². The van der Waals surface area contributed by atoms with Crippen LogP contribution in [0.5, 0.6) is 0 Å². The first-order valence-electron chi connectivity index (χ1n) is 8.89. The number of hydrogen-bond acceptors (Lipinski definition) is 5. The zero-order valence-corrected chi connectivity index (χ0v) is 17.2. The smallest absolute Gasteiger partial charge is 0.168 e. The third-order valence-electron chi connectivity index (χ3n) is 5.04. The van der Waals surface area contributed by atoms with Gasteiger partial charge >= 0.3 is 0 Å². The van der Waals surface area contributed by atoms with Crippen LogP contribution in [0.3, 0.4) is 0 Å². The zero-order chi connectivity index (χ0) is 18.9. The van der Waals surface area contributed by atoms with E-state index < -0.39 is 5.54 Å². The highest BCUT2D eigenvalue weighted by Crippen LogP contribution is 2.37. The van der Waals surface area contributed by atoms with Gasteiger partial charge in [-0.2, -0.15) is 0 Å². The van der Waals surface area contributed by atoms with Gasteiger partial charge in [0.1, 0.15) is 5.82 Å². The Balaban J connectivity index is 0.00000261. The van der Waals surface area contributed by atoms with Crippen LogP contribution in [0.2, 0.25) is 0 Å². The third kappa shape index (κ3) is 4.79. The summed E-state index contributed by atoms with van der Waals surface area (Å²) in [5.41, 5.74) is 7.28. The molecule has 27 heavy (non-hydrogen) atoms. The zero-order valence-electron chi connectivity index (χ0n) is 15.5. The van der Waals surface area contributed by atoms with Crippen LogP contribution in [0.25, 0.3) is 0 Å². The van der Waals surface area contributed by atoms with Gasteiger partial charge in [-0.15, -0.1) is 12.4 Å². The lowest BCUT2D eigenvalue weighted by molar-refractivity contribution is -0.114. The Hall–Kier alpha value is -1.66. The summed E-state index contributed by atoms with van der Waals surface area (Å²) in [5, 5.41) is 8.63. The lowest BCUT2D eigenvalue weighted by atomic mass is 9.87. The molecule has 1 atom stereocenters. The number of allylic oxidation sites excluding steroid dienone is 2. The average Bonchev–Trinajstić information content (AvgIpc) is 3.42. The van der Waals surface area contributed by atoms with Gasteiger partial charge in [-0.05, 0) is 50.8 Å². The number of Topliss-reactive ketones (excluding diaryl/α,β-unsaturated/α-hetero) is 1. The van der Waals surface area contributed by atoms with Gasteiger partial charge in [0, 0.05) is 34.9 Å². The molecule has 0 amide bonds. The Morgan fingerprint density at radius 2 is 2.19 bits per heavy atom. The molecular weight excluding hydrogens is 385 g/mol. The van der Waals surface area contributed by atoms with Crippen LogP contribution in [0.15, 0.2) is 34.8 Å². The van der Waals surface area contributed by atoms with E-state index in [1.54, 1.807) is 25.1 Å². The summed E-state index contributed by atoms with van der Waals surface area (Å²) in [6.45, 7) is 3.67. The van der Waals surface area contributed by atoms with Crippen molar-refractivity contribution in [3.05, 3.63) is 46.8 Å². The first-order chi connectivity index (χ1) is 12.3. The molecule has 1 aromatic carbocycles. The molecule has 2 aliphatic rings. The fourth-order valence-electron chi connectivity index (χ4n) is 3.31. The van der Waals surface area contributed by atoms with Crippen LogP contribution in [-0.4, -0.2) is 22.4 Å². The molecule has 0 radical (unpaired) electrons. The second kappa shape index (κ2) is 8.57. The highest BCUT2D eigenvalue weighted by Gasteiger charge is 2.33. The molecule has 0 saturated heterocycles. The number of amidine groups is 1. The van der Waals surface area contributed by atoms with E-state index in [4.69, 9.17) is 11.1 Å². The van der Waals surface area contributed by atoms with Crippen molar-refractivity contribution in [1.82, 2.24) is 0 Å². The van der Waals surface area contributed by atoms with Crippen molar-refractivity contribution in [2.75, 3.05) is 5.75 Å². The minimum atomic E-state index is -0.706. The first kappa shape index (κ1) is 21.6. The SMILES string of the molecule is C/C=C(\C(=N)C1CC1)C(=O)Cc1ccc(F)c([C@]2(C)CCSC(N)=N2)c1.Cl. The van der Waals surface area contributed by atoms with Gasteiger partial charge in [0.15, 0.2) is 11.0 Å². The van der Waals surface area contributed by atoms with Crippen molar-refractivity contribution in [1.29, 1.82) is 5.41 Å². The van der Waals surface area contributed by atoms with Crippen LogP contribution >= 0.6 is 24.2 Å². The van der Waals surface area contributed by atoms with Gasteiger partial charge < -0.3 is 11.1 Å². The molecule has 1 aliphatic carbocycles. The number of rotatable bonds is 6. The number of carbonyl (C=O) groups excluding carboxylic acids is 1. The molecule has 3 rings (SSSR count). The summed E-state index contributed by atoms with van der Waals surface area (Å²) in [4.78, 5) is 17.1. The minimum absolute atomic E-state index is 0. The number of halogens is 2. The van der Waals surface area contributed by atoms with Gasteiger partial charge in [0.05, 0.1) is 5.54 Å². The summed E-state index contributed by atoms with van der Waals surface area (Å²) < 4.78 is 14.5. The molecule has 1 saturated carbocycles. The number of hydrogen-bond donors (Lipinski definition) is 2. The maximum absolute atomic E-state index is 14.5. The van der Waals surface area contributed by atoms with Crippen LogP contribution < -0.4 is 5.73 Å². The average molecular weight is 410 g/mol. The van der Waals surface area contributed by atoms with Gasteiger partial charge in [0.25, 0.3) is 0 Å². The largest absolute Gasteiger partial charge is 0.379 e. The Bertz CT molecular complexity index is 819. The number of carbonyl (C=O) groups is 1. The van der Waals surface area contributed by atoms with Gasteiger partial charge in [-0.25, -0.2) is 4.39 Å². The van der Waals surface area contributed by atoms with Crippen molar-refractivity contribution >= 4 is 40.8 Å². The van der Waals surface area contributed by atoms with Crippen molar-refractivity contribution in [3.8, 4) is 0 Å². The Kier molecular flexibility index (Phi) is 6.87. The Labute approximate surface area is 169 Å². The predicted molar refractivity (Wildman–Crippen MR) is 113 cm³/mol. The molecule has 0 bridgehead atoms. The van der Waals surface area contributed by atoms with E-state index in [0.717, 1.165) is 24.2 Å². The second-order valence-corrected chi connectivity index (χ2v) is 8.24. The molecule has 1 fully saturated rings. The van der Waals surface area contributed by atoms with E-state index in [1.165, 1.54) is 17.8 Å². The molecular formula is C20H25ClFN3OS. The molecule has 146 valence electrons. The quantitative estimate of drug-likeness (QED) is 0.539. The summed E-state index contributed by atoms with van der Waals surface area (Å²) in [6.07, 6.45) is 4.54. The van der Waals surface area contributed by atoms with Crippen molar-refractivity contribution in [2.24, 2.45) is 16.6 Å². The van der Waals surface area contributed by atoms with Gasteiger partial charge in [-0.3, -0.25) is 9.79 Å². The standard InChI is InChI=1S/C20H24FN3OS.ClH/c1-3-14(18(22)13-5-6-13)17(25)11-12-4-7-16(21)15(10-12)20(2)8-9-26-19(23)24-20;/h3-4,7,10,13,22H,5-6,8-9,11H2,1-2H3,(H2,23,24);1H/b14-3-,22-18?;/t20-;/m0./s1. The van der Waals surface area contributed by atoms with Crippen molar-refractivity contribution < 1.29 is 9.18 Å². The monoisotopic (exact) mass is 409 g/mol. The maximum atomic E-state index is 14.5. The third-order valence-corrected chi connectivity index (χ3v) is 5.83. The van der Waals surface area contributed by atoms with E-state index in [1.807, 2.05) is 6.92 Å². The van der Waals surface area contributed by atoms with E-state index in [-0.39, 0.29) is 36.3 Å². The van der Waals surface area contributed by atoms with E-state index in [0.29, 0.717) is 28.4 Å². The first-order valence-corrected chi connectivity index (χ1v) is 9.88. The molecule has 0 unspecified atom stereocenters. The van der Waals surface area contributed by atoms with Crippen LogP contribution in [-0.2, 0) is 16.8 Å². The normalized spacial score (nSPS) is 22.6. The summed E-state index contributed by atoms with van der Waals surface area (Å²) >= 11 is 1.47. The van der Waals surface area contributed by atoms with Crippen molar-refractivity contribution in [3.63, 3.8) is 0 Å². The number of nitrogens with two attached hydrogens (primary N) is 1. The fraction of sp³-hybridized carbons (Fsp3) is 0.450. The summed E-state index contributed by atoms with van der Waals surface area (Å²) in [6, 6.07) is 4.77. The molecule has 1 heterocycles. The van der Waals surface area contributed by atoms with Crippen LogP contribution in [0.1, 0.15) is 44.2 Å². The fourth-order valence-corrected chi connectivity index (χ4v) is 4.29. The van der Waals surface area contributed by atoms with Crippen LogP contribution in [0.4, 0.5) is 4.39 Å². The second-order valence-electron chi connectivity index (χ2n) is 7.13. The molecule has 1 aromatic rings. The molecule has 0 spiro atoms. The van der Waals surface area contributed by atoms with Crippen molar-refractivity contribution in [2.45, 2.75) is 45.1 Å². The number of aliphatic imine (C=N–C) groups is 1. The maximum Gasteiger partial charge on any atom is 0.168 e. The lowest BCUT2D eigenvalue weighted by Gasteiger charge is -2.30. The Morgan fingerprint density at radius 3 is 2.78 bits per heavy atom. The molecule has 1 aliphatic heterocycles. The topological polar surface area (TPSA) is 79.3 Å². The minimum Gasteiger partial charge on any atom is -0.379 e. The van der Waals surface area contributed by atoms with E-state index >= 15 is 0 Å². The molecule has 0 aromatic heterocycles. The highest BCUT2D eigenvalue weighted by atomic mass is 35.5. The lowest BCUT2D eigenvalue weighted by Crippen LogP contribution is -2.30. The molecule has 7 heteroatoms. The summed E-state index contributed by atoms with van der Waals surface area (Å²) in [5.74, 6) is 0.596. The Morgan fingerprint density at radius 1 is 1.48 bits per heavy atom. The van der Waals surface area contributed by atoms with E-state index in [2.05, 4.69) is 4.99 Å². The number of nitrogens with zero attached hydrogens (tertiary/aromatic N) is 1. The molecule has 3 N–H and O–H groups in total.